The van der Waals surface area contributed by atoms with Crippen LogP contribution >= 0.6 is 0 Å². The van der Waals surface area contributed by atoms with Gasteiger partial charge in [0.1, 0.15) is 17.5 Å². The molecule has 0 bridgehead atoms. The van der Waals surface area contributed by atoms with Crippen LogP contribution in [0.3, 0.4) is 0 Å². The number of hydrogen-bond acceptors (Lipinski definition) is 5. The van der Waals surface area contributed by atoms with E-state index in [1.165, 1.54) is 6.42 Å². The van der Waals surface area contributed by atoms with Crippen molar-refractivity contribution < 1.29 is 32.4 Å². The highest BCUT2D eigenvalue weighted by Gasteiger charge is 2.38. The summed E-state index contributed by atoms with van der Waals surface area (Å²) in [6, 6.07) is 1.80. The minimum atomic E-state index is -1.19. The van der Waals surface area contributed by atoms with E-state index in [1.54, 1.807) is 0 Å². The van der Waals surface area contributed by atoms with E-state index in [9.17, 15) is 27.9 Å². The Morgan fingerprint density at radius 2 is 1.75 bits per heavy atom. The number of carbonyl (C=O) groups excluding carboxylic acids is 1. The first kappa shape index (κ1) is 22.3. The summed E-state index contributed by atoms with van der Waals surface area (Å²) in [5.41, 5.74) is -0.885. The van der Waals surface area contributed by atoms with Gasteiger partial charge in [0.15, 0.2) is 11.5 Å². The molecule has 0 radical (unpaired) electrons. The molecule has 2 fully saturated rings. The van der Waals surface area contributed by atoms with Crippen molar-refractivity contribution in [3.05, 3.63) is 41.3 Å². The molecule has 0 spiro atoms. The maximum absolute atomic E-state index is 14.0. The Morgan fingerprint density at radius 1 is 1.06 bits per heavy atom. The molecule has 1 aliphatic heterocycles. The molecule has 7 nitrogen and oxygen atoms in total. The van der Waals surface area contributed by atoms with Crippen LogP contribution in [0, 0.1) is 23.4 Å². The third-order valence-electron chi connectivity index (χ3n) is 6.37. The fraction of sp³-hybridized carbons (Fsp3) is 0.500. The van der Waals surface area contributed by atoms with E-state index in [1.807, 2.05) is 0 Å². The lowest BCUT2D eigenvalue weighted by Gasteiger charge is -2.42. The summed E-state index contributed by atoms with van der Waals surface area (Å²) >= 11 is 0. The second-order valence-electron chi connectivity index (χ2n) is 8.42. The highest BCUT2D eigenvalue weighted by atomic mass is 19.1. The standard InChI is InChI=1S/C22H24F3N3O4/c23-12-8-15(24)20(16(25)9-12)19-10-18(27-32-19)21(29)26-17-6-7-28(11-14(17)22(30)31)13-4-2-1-3-5-13/h8-10,13-14,17H,1-7,11H2,(H,26,29)(H,30,31)/t14-,17-/m1/s1. The molecule has 2 aliphatic rings. The average molecular weight is 451 g/mol. The molecule has 10 heteroatoms. The summed E-state index contributed by atoms with van der Waals surface area (Å²) in [5, 5.41) is 15.9. The fourth-order valence-electron chi connectivity index (χ4n) is 4.70. The van der Waals surface area contributed by atoms with Gasteiger partial charge in [-0.3, -0.25) is 14.5 Å². The van der Waals surface area contributed by atoms with Crippen LogP contribution in [-0.2, 0) is 4.79 Å². The number of piperidine rings is 1. The Labute approximate surface area is 182 Å². The van der Waals surface area contributed by atoms with Gasteiger partial charge in [-0.1, -0.05) is 24.4 Å². The second kappa shape index (κ2) is 9.32. The van der Waals surface area contributed by atoms with Crippen LogP contribution in [-0.4, -0.2) is 52.2 Å². The number of rotatable bonds is 5. The third kappa shape index (κ3) is 4.64. The van der Waals surface area contributed by atoms with Crippen molar-refractivity contribution in [1.29, 1.82) is 0 Å². The lowest BCUT2D eigenvalue weighted by molar-refractivity contribution is -0.145. The number of benzene rings is 1. The Bertz CT molecular complexity index is 983. The number of nitrogens with zero attached hydrogens (tertiary/aromatic N) is 2. The normalized spacial score (nSPS) is 22.6. The van der Waals surface area contributed by atoms with E-state index in [4.69, 9.17) is 4.52 Å². The van der Waals surface area contributed by atoms with Crippen molar-refractivity contribution in [3.8, 4) is 11.3 Å². The highest BCUT2D eigenvalue weighted by Crippen LogP contribution is 2.29. The molecule has 172 valence electrons. The van der Waals surface area contributed by atoms with E-state index >= 15 is 0 Å². The molecule has 2 aromatic rings. The number of halogens is 3. The minimum absolute atomic E-state index is 0.248. The van der Waals surface area contributed by atoms with Crippen LogP contribution in [0.1, 0.15) is 49.0 Å². The minimum Gasteiger partial charge on any atom is -0.481 e. The topological polar surface area (TPSA) is 95.7 Å². The number of aliphatic carboxylic acids is 1. The van der Waals surface area contributed by atoms with E-state index < -0.39 is 46.9 Å². The van der Waals surface area contributed by atoms with Gasteiger partial charge in [0.05, 0.1) is 11.5 Å². The van der Waals surface area contributed by atoms with Crippen LogP contribution in [0.15, 0.2) is 22.7 Å². The van der Waals surface area contributed by atoms with Gasteiger partial charge in [0.25, 0.3) is 5.91 Å². The second-order valence-corrected chi connectivity index (χ2v) is 8.42. The maximum Gasteiger partial charge on any atom is 0.309 e. The molecule has 1 saturated carbocycles. The summed E-state index contributed by atoms with van der Waals surface area (Å²) in [6.45, 7) is 1.02. The monoisotopic (exact) mass is 451 g/mol. The smallest absolute Gasteiger partial charge is 0.309 e. The van der Waals surface area contributed by atoms with Gasteiger partial charge in [-0.25, -0.2) is 13.2 Å². The Hall–Kier alpha value is -2.88. The van der Waals surface area contributed by atoms with Crippen molar-refractivity contribution in [2.24, 2.45) is 5.92 Å². The number of hydrogen-bond donors (Lipinski definition) is 2. The average Bonchev–Trinajstić information content (AvgIpc) is 3.23. The zero-order valence-corrected chi connectivity index (χ0v) is 17.3. The molecule has 1 aromatic carbocycles. The van der Waals surface area contributed by atoms with Crippen molar-refractivity contribution in [2.75, 3.05) is 13.1 Å². The predicted octanol–water partition coefficient (Wildman–Crippen LogP) is 3.60. The quantitative estimate of drug-likeness (QED) is 0.721. The largest absolute Gasteiger partial charge is 0.481 e. The molecule has 2 N–H and O–H groups in total. The van der Waals surface area contributed by atoms with Gasteiger partial charge >= 0.3 is 5.97 Å². The van der Waals surface area contributed by atoms with Crippen LogP contribution < -0.4 is 5.32 Å². The zero-order valence-electron chi connectivity index (χ0n) is 17.3. The van der Waals surface area contributed by atoms with Crippen LogP contribution in [0.5, 0.6) is 0 Å². The predicted molar refractivity (Wildman–Crippen MR) is 107 cm³/mol. The number of carboxylic acid groups (broad SMARTS) is 1. The summed E-state index contributed by atoms with van der Waals surface area (Å²) in [4.78, 5) is 26.7. The van der Waals surface area contributed by atoms with E-state index in [0.29, 0.717) is 37.7 Å². The molecule has 2 heterocycles. The van der Waals surface area contributed by atoms with Gasteiger partial charge < -0.3 is 14.9 Å². The van der Waals surface area contributed by atoms with Gasteiger partial charge in [0, 0.05) is 43.4 Å². The summed E-state index contributed by atoms with van der Waals surface area (Å²) in [7, 11) is 0. The van der Waals surface area contributed by atoms with Crippen molar-refractivity contribution in [1.82, 2.24) is 15.4 Å². The Kier molecular flexibility index (Phi) is 6.50. The maximum atomic E-state index is 14.0. The van der Waals surface area contributed by atoms with E-state index in [-0.39, 0.29) is 11.5 Å². The van der Waals surface area contributed by atoms with Crippen molar-refractivity contribution >= 4 is 11.9 Å². The van der Waals surface area contributed by atoms with Crippen molar-refractivity contribution in [3.63, 3.8) is 0 Å². The lowest BCUT2D eigenvalue weighted by Crippen LogP contribution is -2.56. The number of carboxylic acids is 1. The van der Waals surface area contributed by atoms with Gasteiger partial charge in [-0.05, 0) is 19.3 Å². The first-order valence-corrected chi connectivity index (χ1v) is 10.7. The summed E-state index contributed by atoms with van der Waals surface area (Å²) in [6.07, 6.45) is 6.07. The molecule has 1 aromatic heterocycles. The SMILES string of the molecule is O=C(N[C@@H]1CCN(C2CCCCC2)C[C@H]1C(=O)O)c1cc(-c2c(F)cc(F)cc2F)on1. The van der Waals surface area contributed by atoms with Gasteiger partial charge in [-0.2, -0.15) is 0 Å². The Balaban J connectivity index is 1.45. The fourth-order valence-corrected chi connectivity index (χ4v) is 4.70. The first-order chi connectivity index (χ1) is 15.3. The number of carbonyl (C=O) groups is 2. The van der Waals surface area contributed by atoms with Gasteiger partial charge in [0.2, 0.25) is 0 Å². The summed E-state index contributed by atoms with van der Waals surface area (Å²) < 4.78 is 46.0. The van der Waals surface area contributed by atoms with Crippen LogP contribution in [0.4, 0.5) is 13.2 Å². The highest BCUT2D eigenvalue weighted by molar-refractivity contribution is 5.93. The molecule has 32 heavy (non-hydrogen) atoms. The molecular weight excluding hydrogens is 427 g/mol. The molecule has 1 aliphatic carbocycles. The number of nitrogens with one attached hydrogen (secondary N) is 1. The van der Waals surface area contributed by atoms with Crippen LogP contribution in [0.25, 0.3) is 11.3 Å². The third-order valence-corrected chi connectivity index (χ3v) is 6.37. The molecule has 1 amide bonds. The zero-order chi connectivity index (χ0) is 22.8. The Morgan fingerprint density at radius 3 is 2.41 bits per heavy atom. The first-order valence-electron chi connectivity index (χ1n) is 10.7. The molecular formula is C22H24F3N3O4. The van der Waals surface area contributed by atoms with Crippen LogP contribution in [0.2, 0.25) is 0 Å². The number of likely N-dealkylation sites (tertiary alicyclic amines) is 1. The molecule has 4 rings (SSSR count). The van der Waals surface area contributed by atoms with E-state index in [0.717, 1.165) is 31.7 Å². The lowest BCUT2D eigenvalue weighted by atomic mass is 9.87. The van der Waals surface area contributed by atoms with Crippen molar-refractivity contribution in [2.45, 2.75) is 50.6 Å². The molecule has 1 saturated heterocycles. The van der Waals surface area contributed by atoms with E-state index in [2.05, 4.69) is 15.4 Å². The van der Waals surface area contributed by atoms with Gasteiger partial charge in [-0.15, -0.1) is 0 Å². The summed E-state index contributed by atoms with van der Waals surface area (Å²) in [5.74, 6) is -6.31. The molecule has 0 unspecified atom stereocenters. The number of amides is 1. The molecule has 2 atom stereocenters. The number of aromatic nitrogens is 1.